The molecule has 0 amide bonds. The van der Waals surface area contributed by atoms with Crippen LogP contribution in [0.2, 0.25) is 0 Å². The summed E-state index contributed by atoms with van der Waals surface area (Å²) in [7, 11) is 3.28. The van der Waals surface area contributed by atoms with E-state index in [1.165, 1.54) is 11.8 Å². The molecule has 0 atom stereocenters. The van der Waals surface area contributed by atoms with Gasteiger partial charge in [0, 0.05) is 11.3 Å². The van der Waals surface area contributed by atoms with Crippen molar-refractivity contribution in [1.29, 1.82) is 0 Å². The summed E-state index contributed by atoms with van der Waals surface area (Å²) < 4.78 is 17.0. The number of methoxy groups -OCH3 is 2. The van der Waals surface area contributed by atoms with Crippen molar-refractivity contribution in [1.82, 2.24) is 10.2 Å². The van der Waals surface area contributed by atoms with E-state index < -0.39 is 0 Å². The molecule has 0 unspecified atom stereocenters. The highest BCUT2D eigenvalue weighted by molar-refractivity contribution is 9.10. The Morgan fingerprint density at radius 2 is 1.83 bits per heavy atom. The van der Waals surface area contributed by atoms with Crippen LogP contribution in [0.4, 0.5) is 0 Å². The smallest absolute Gasteiger partial charge is 0.277 e. The molecule has 5 nitrogen and oxygen atoms in total. The molecule has 0 saturated heterocycles. The van der Waals surface area contributed by atoms with Gasteiger partial charge in [0.05, 0.1) is 18.7 Å². The van der Waals surface area contributed by atoms with Gasteiger partial charge in [0.15, 0.2) is 0 Å². The number of benzene rings is 2. The summed E-state index contributed by atoms with van der Waals surface area (Å²) in [6.07, 6.45) is 0. The van der Waals surface area contributed by atoms with Crippen LogP contribution in [0, 0.1) is 0 Å². The fraction of sp³-hybridized carbons (Fsp3) is 0.176. The quantitative estimate of drug-likeness (QED) is 0.547. The van der Waals surface area contributed by atoms with Crippen LogP contribution in [0.1, 0.15) is 5.56 Å². The number of rotatable bonds is 6. The van der Waals surface area contributed by atoms with E-state index >= 15 is 0 Å². The van der Waals surface area contributed by atoms with Crippen LogP contribution in [0.15, 0.2) is 56.6 Å². The fourth-order valence-electron chi connectivity index (χ4n) is 2.06. The van der Waals surface area contributed by atoms with Crippen molar-refractivity contribution < 1.29 is 13.9 Å². The van der Waals surface area contributed by atoms with Crippen molar-refractivity contribution in [3.8, 4) is 23.0 Å². The minimum atomic E-state index is 0.496. The van der Waals surface area contributed by atoms with Crippen molar-refractivity contribution in [3.05, 3.63) is 52.5 Å². The van der Waals surface area contributed by atoms with Gasteiger partial charge in [-0.1, -0.05) is 17.8 Å². The average Bonchev–Trinajstić information content (AvgIpc) is 3.09. The van der Waals surface area contributed by atoms with E-state index in [-0.39, 0.29) is 0 Å². The zero-order valence-electron chi connectivity index (χ0n) is 13.2. The molecule has 2 aromatic carbocycles. The Hall–Kier alpha value is -1.99. The molecular weight excluding hydrogens is 392 g/mol. The largest absolute Gasteiger partial charge is 0.497 e. The summed E-state index contributed by atoms with van der Waals surface area (Å²) in [5, 5.41) is 8.71. The van der Waals surface area contributed by atoms with Gasteiger partial charge in [-0.25, -0.2) is 0 Å². The third-order valence-electron chi connectivity index (χ3n) is 3.32. The average molecular weight is 407 g/mol. The molecular formula is C17H15BrN2O3S. The standard InChI is InChI=1S/C17H15BrN2O3S/c1-21-13-6-4-12(5-7-13)16-19-20-17(23-16)24-10-11-3-8-15(22-2)14(18)9-11/h3-9H,10H2,1-2H3. The van der Waals surface area contributed by atoms with Crippen LogP contribution >= 0.6 is 27.7 Å². The van der Waals surface area contributed by atoms with E-state index in [4.69, 9.17) is 13.9 Å². The zero-order chi connectivity index (χ0) is 16.9. The van der Waals surface area contributed by atoms with Gasteiger partial charge in [0.2, 0.25) is 5.89 Å². The molecule has 0 fully saturated rings. The molecule has 0 aliphatic heterocycles. The maximum absolute atomic E-state index is 5.70. The van der Waals surface area contributed by atoms with Crippen molar-refractivity contribution in [2.75, 3.05) is 14.2 Å². The number of hydrogen-bond acceptors (Lipinski definition) is 6. The normalized spacial score (nSPS) is 10.6. The highest BCUT2D eigenvalue weighted by atomic mass is 79.9. The topological polar surface area (TPSA) is 57.4 Å². The maximum Gasteiger partial charge on any atom is 0.277 e. The monoisotopic (exact) mass is 406 g/mol. The predicted molar refractivity (Wildman–Crippen MR) is 96.5 cm³/mol. The van der Waals surface area contributed by atoms with E-state index in [0.29, 0.717) is 11.1 Å². The lowest BCUT2D eigenvalue weighted by atomic mass is 10.2. The lowest BCUT2D eigenvalue weighted by Gasteiger charge is -2.05. The van der Waals surface area contributed by atoms with Gasteiger partial charge in [-0.05, 0) is 57.9 Å². The van der Waals surface area contributed by atoms with Crippen molar-refractivity contribution in [2.45, 2.75) is 11.0 Å². The molecule has 0 radical (unpaired) electrons. The van der Waals surface area contributed by atoms with Gasteiger partial charge in [0.1, 0.15) is 11.5 Å². The van der Waals surface area contributed by atoms with Crippen LogP contribution < -0.4 is 9.47 Å². The first-order valence-corrected chi connectivity index (χ1v) is 8.90. The SMILES string of the molecule is COc1ccc(-c2nnc(SCc3ccc(OC)c(Br)c3)o2)cc1. The molecule has 1 heterocycles. The van der Waals surface area contributed by atoms with Gasteiger partial charge < -0.3 is 13.9 Å². The van der Waals surface area contributed by atoms with Crippen LogP contribution in [-0.4, -0.2) is 24.4 Å². The molecule has 0 saturated carbocycles. The van der Waals surface area contributed by atoms with Crippen molar-refractivity contribution in [2.24, 2.45) is 0 Å². The highest BCUT2D eigenvalue weighted by Crippen LogP contribution is 2.30. The summed E-state index contributed by atoms with van der Waals surface area (Å²) in [4.78, 5) is 0. The van der Waals surface area contributed by atoms with E-state index in [1.54, 1.807) is 14.2 Å². The number of halogens is 1. The predicted octanol–water partition coefficient (Wildman–Crippen LogP) is 4.81. The third kappa shape index (κ3) is 3.91. The molecule has 7 heteroatoms. The Labute approximate surface area is 152 Å². The summed E-state index contributed by atoms with van der Waals surface area (Å²) in [6.45, 7) is 0. The van der Waals surface area contributed by atoms with Gasteiger partial charge in [-0.3, -0.25) is 0 Å². The van der Waals surface area contributed by atoms with Crippen LogP contribution in [0.25, 0.3) is 11.5 Å². The summed E-state index contributed by atoms with van der Waals surface area (Å²) in [5.74, 6) is 2.82. The zero-order valence-corrected chi connectivity index (χ0v) is 15.6. The molecule has 124 valence electrons. The van der Waals surface area contributed by atoms with Gasteiger partial charge in [-0.2, -0.15) is 0 Å². The number of nitrogens with zero attached hydrogens (tertiary/aromatic N) is 2. The third-order valence-corrected chi connectivity index (χ3v) is 4.83. The van der Waals surface area contributed by atoms with Crippen LogP contribution in [0.5, 0.6) is 11.5 Å². The molecule has 3 aromatic rings. The van der Waals surface area contributed by atoms with E-state index in [0.717, 1.165) is 32.9 Å². The Balaban J connectivity index is 1.66. The maximum atomic E-state index is 5.70. The first-order valence-electron chi connectivity index (χ1n) is 7.12. The van der Waals surface area contributed by atoms with E-state index in [2.05, 4.69) is 26.1 Å². The molecule has 3 rings (SSSR count). The van der Waals surface area contributed by atoms with Crippen LogP contribution in [0.3, 0.4) is 0 Å². The Morgan fingerprint density at radius 3 is 2.50 bits per heavy atom. The molecule has 1 aromatic heterocycles. The lowest BCUT2D eigenvalue weighted by molar-refractivity contribution is 0.412. The highest BCUT2D eigenvalue weighted by Gasteiger charge is 2.10. The molecule has 0 bridgehead atoms. The first kappa shape index (κ1) is 16.9. The molecule has 24 heavy (non-hydrogen) atoms. The van der Waals surface area contributed by atoms with Crippen molar-refractivity contribution >= 4 is 27.7 Å². The number of ether oxygens (including phenoxy) is 2. The van der Waals surface area contributed by atoms with E-state index in [9.17, 15) is 0 Å². The molecule has 0 spiro atoms. The summed E-state index contributed by atoms with van der Waals surface area (Å²) >= 11 is 4.98. The minimum absolute atomic E-state index is 0.496. The second-order valence-corrected chi connectivity index (χ2v) is 6.64. The molecule has 0 N–H and O–H groups in total. The summed E-state index contributed by atoms with van der Waals surface area (Å²) in [5.41, 5.74) is 2.00. The van der Waals surface area contributed by atoms with Crippen molar-refractivity contribution in [3.63, 3.8) is 0 Å². The van der Waals surface area contributed by atoms with Gasteiger partial charge in [-0.15, -0.1) is 10.2 Å². The Bertz CT molecular complexity index is 821. The first-order chi connectivity index (χ1) is 11.7. The second kappa shape index (κ2) is 7.72. The number of aromatic nitrogens is 2. The number of hydrogen-bond donors (Lipinski definition) is 0. The Kier molecular flexibility index (Phi) is 5.42. The van der Waals surface area contributed by atoms with Gasteiger partial charge in [0.25, 0.3) is 5.22 Å². The molecule has 0 aliphatic carbocycles. The van der Waals surface area contributed by atoms with E-state index in [1.807, 2.05) is 42.5 Å². The second-order valence-electron chi connectivity index (χ2n) is 4.86. The minimum Gasteiger partial charge on any atom is -0.497 e. The van der Waals surface area contributed by atoms with Gasteiger partial charge >= 0.3 is 0 Å². The summed E-state index contributed by atoms with van der Waals surface area (Å²) in [6, 6.07) is 13.5. The fourth-order valence-corrected chi connectivity index (χ4v) is 3.36. The molecule has 0 aliphatic rings. The number of thioether (sulfide) groups is 1. The van der Waals surface area contributed by atoms with Crippen LogP contribution in [-0.2, 0) is 5.75 Å². The lowest BCUT2D eigenvalue weighted by Crippen LogP contribution is -1.86. The Morgan fingerprint density at radius 1 is 1.04 bits per heavy atom.